The van der Waals surface area contributed by atoms with Crippen LogP contribution in [0.1, 0.15) is 12.8 Å². The van der Waals surface area contributed by atoms with Crippen LogP contribution in [0.25, 0.3) is 0 Å². The zero-order chi connectivity index (χ0) is 11.9. The fourth-order valence-electron chi connectivity index (χ4n) is 2.36. The van der Waals surface area contributed by atoms with Crippen molar-refractivity contribution in [2.45, 2.75) is 12.8 Å². The van der Waals surface area contributed by atoms with Crippen molar-refractivity contribution in [3.63, 3.8) is 0 Å². The molecule has 1 aliphatic heterocycles. The summed E-state index contributed by atoms with van der Waals surface area (Å²) in [6, 6.07) is 0. The van der Waals surface area contributed by atoms with Gasteiger partial charge in [0.15, 0.2) is 0 Å². The summed E-state index contributed by atoms with van der Waals surface area (Å²) in [5.74, 6) is -1.17. The highest BCUT2D eigenvalue weighted by molar-refractivity contribution is 6.07. The van der Waals surface area contributed by atoms with E-state index in [-0.39, 0.29) is 23.6 Å². The van der Waals surface area contributed by atoms with Gasteiger partial charge in [-0.15, -0.1) is 0 Å². The van der Waals surface area contributed by atoms with Crippen LogP contribution >= 0.6 is 0 Å². The van der Waals surface area contributed by atoms with Gasteiger partial charge in [0.1, 0.15) is 0 Å². The van der Waals surface area contributed by atoms with Gasteiger partial charge in [0, 0.05) is 19.7 Å². The fourth-order valence-corrected chi connectivity index (χ4v) is 2.36. The minimum absolute atomic E-state index is 0.123. The number of rotatable bonds is 1. The van der Waals surface area contributed by atoms with Crippen molar-refractivity contribution in [2.24, 2.45) is 11.8 Å². The summed E-state index contributed by atoms with van der Waals surface area (Å²) in [5, 5.41) is 2.53. The molecule has 0 aromatic carbocycles. The Labute approximate surface area is 93.5 Å². The van der Waals surface area contributed by atoms with Gasteiger partial charge in [0.25, 0.3) is 0 Å². The van der Waals surface area contributed by atoms with E-state index < -0.39 is 5.92 Å². The average molecular weight is 222 g/mol. The maximum absolute atomic E-state index is 11.7. The van der Waals surface area contributed by atoms with Gasteiger partial charge in [-0.2, -0.15) is 0 Å². The van der Waals surface area contributed by atoms with Crippen molar-refractivity contribution < 1.29 is 14.4 Å². The van der Waals surface area contributed by atoms with Crippen LogP contribution in [-0.4, -0.2) is 36.7 Å². The second-order valence-corrected chi connectivity index (χ2v) is 4.18. The molecule has 3 amide bonds. The highest BCUT2D eigenvalue weighted by Crippen LogP contribution is 2.36. The van der Waals surface area contributed by atoms with E-state index in [9.17, 15) is 14.4 Å². The van der Waals surface area contributed by atoms with Gasteiger partial charge in [-0.1, -0.05) is 6.08 Å². The summed E-state index contributed by atoms with van der Waals surface area (Å²) in [4.78, 5) is 36.0. The molecule has 86 valence electrons. The quantitative estimate of drug-likeness (QED) is 0.618. The third-order valence-electron chi connectivity index (χ3n) is 3.32. The van der Waals surface area contributed by atoms with Crippen molar-refractivity contribution in [3.05, 3.63) is 11.6 Å². The monoisotopic (exact) mass is 222 g/mol. The van der Waals surface area contributed by atoms with Crippen LogP contribution in [0.5, 0.6) is 0 Å². The molecule has 0 aromatic rings. The smallest absolute Gasteiger partial charge is 0.246 e. The number of fused-ring (bicyclic) bond motifs is 1. The largest absolute Gasteiger partial charge is 0.355 e. The van der Waals surface area contributed by atoms with E-state index in [1.165, 1.54) is 11.9 Å². The molecule has 5 nitrogen and oxygen atoms in total. The molecule has 16 heavy (non-hydrogen) atoms. The van der Waals surface area contributed by atoms with Crippen molar-refractivity contribution in [2.75, 3.05) is 14.1 Å². The molecule has 5 heteroatoms. The predicted octanol–water partition coefficient (Wildman–Crippen LogP) is -0.316. The van der Waals surface area contributed by atoms with Gasteiger partial charge in [0.05, 0.1) is 11.8 Å². The predicted molar refractivity (Wildman–Crippen MR) is 56.1 cm³/mol. The highest BCUT2D eigenvalue weighted by atomic mass is 16.2. The van der Waals surface area contributed by atoms with Crippen molar-refractivity contribution in [1.82, 2.24) is 10.2 Å². The van der Waals surface area contributed by atoms with E-state index in [2.05, 4.69) is 5.32 Å². The molecule has 2 rings (SSSR count). The molecule has 2 aliphatic rings. The highest BCUT2D eigenvalue weighted by Gasteiger charge is 2.46. The van der Waals surface area contributed by atoms with Crippen molar-refractivity contribution in [1.29, 1.82) is 0 Å². The summed E-state index contributed by atoms with van der Waals surface area (Å²) < 4.78 is 0. The van der Waals surface area contributed by atoms with Crippen LogP contribution in [0.15, 0.2) is 11.6 Å². The van der Waals surface area contributed by atoms with Crippen LogP contribution in [0.4, 0.5) is 0 Å². The first kappa shape index (κ1) is 10.9. The molecule has 0 bridgehead atoms. The molecule has 1 N–H and O–H groups in total. The Morgan fingerprint density at radius 3 is 2.75 bits per heavy atom. The number of amides is 3. The zero-order valence-corrected chi connectivity index (χ0v) is 9.32. The molecule has 1 fully saturated rings. The summed E-state index contributed by atoms with van der Waals surface area (Å²) in [5.41, 5.74) is 0.611. The summed E-state index contributed by atoms with van der Waals surface area (Å²) in [6.07, 6.45) is 2.79. The van der Waals surface area contributed by atoms with Gasteiger partial charge in [0.2, 0.25) is 17.7 Å². The Balaban J connectivity index is 2.29. The molecule has 0 saturated carbocycles. The number of nitrogens with zero attached hydrogens (tertiary/aromatic N) is 1. The standard InChI is InChI=1S/C11H14N2O3/c1-12-9(14)6-3-4-7-8(5-6)11(16)13(2)10(7)15/h5,7-8H,3-4H2,1-2H3,(H,12,14). The van der Waals surface area contributed by atoms with Gasteiger partial charge < -0.3 is 5.32 Å². The molecule has 0 spiro atoms. The lowest BCUT2D eigenvalue weighted by molar-refractivity contribution is -0.138. The molecule has 1 heterocycles. The van der Waals surface area contributed by atoms with E-state index in [0.717, 1.165) is 0 Å². The molecule has 2 atom stereocenters. The number of nitrogens with one attached hydrogen (secondary N) is 1. The van der Waals surface area contributed by atoms with Crippen molar-refractivity contribution in [3.8, 4) is 0 Å². The molecule has 2 unspecified atom stereocenters. The Morgan fingerprint density at radius 2 is 2.12 bits per heavy atom. The maximum atomic E-state index is 11.7. The summed E-state index contributed by atoms with van der Waals surface area (Å²) >= 11 is 0. The Hall–Kier alpha value is -1.65. The SMILES string of the molecule is CNC(=O)C1=CC2C(=O)N(C)C(=O)C2CC1. The van der Waals surface area contributed by atoms with Crippen molar-refractivity contribution >= 4 is 17.7 Å². The maximum Gasteiger partial charge on any atom is 0.246 e. The van der Waals surface area contributed by atoms with Gasteiger partial charge in [-0.25, -0.2) is 0 Å². The lowest BCUT2D eigenvalue weighted by Crippen LogP contribution is -2.27. The first-order chi connectivity index (χ1) is 7.56. The van der Waals surface area contributed by atoms with E-state index >= 15 is 0 Å². The summed E-state index contributed by atoms with van der Waals surface area (Å²) in [7, 11) is 3.05. The van der Waals surface area contributed by atoms with Gasteiger partial charge in [-0.3, -0.25) is 19.3 Å². The zero-order valence-electron chi connectivity index (χ0n) is 9.32. The van der Waals surface area contributed by atoms with E-state index in [1.54, 1.807) is 13.1 Å². The molecule has 0 aromatic heterocycles. The Kier molecular flexibility index (Phi) is 2.53. The Bertz CT molecular complexity index is 400. The second-order valence-electron chi connectivity index (χ2n) is 4.18. The number of likely N-dealkylation sites (tertiary alicyclic amines) is 1. The molecule has 0 radical (unpaired) electrons. The molecular formula is C11H14N2O3. The van der Waals surface area contributed by atoms with Crippen LogP contribution in [-0.2, 0) is 14.4 Å². The average Bonchev–Trinajstić information content (AvgIpc) is 2.53. The molecular weight excluding hydrogens is 208 g/mol. The van der Waals surface area contributed by atoms with E-state index in [1.807, 2.05) is 0 Å². The number of imide groups is 1. The second kappa shape index (κ2) is 3.73. The minimum Gasteiger partial charge on any atom is -0.355 e. The van der Waals surface area contributed by atoms with Crippen LogP contribution < -0.4 is 5.32 Å². The topological polar surface area (TPSA) is 66.5 Å². The fraction of sp³-hybridized carbons (Fsp3) is 0.545. The molecule has 1 aliphatic carbocycles. The summed E-state index contributed by atoms with van der Waals surface area (Å²) in [6.45, 7) is 0. The lowest BCUT2D eigenvalue weighted by Gasteiger charge is -2.19. The number of likely N-dealkylation sites (N-methyl/N-ethyl adjacent to an activating group) is 1. The van der Waals surface area contributed by atoms with Gasteiger partial charge >= 0.3 is 0 Å². The third kappa shape index (κ3) is 1.43. The van der Waals surface area contributed by atoms with E-state index in [0.29, 0.717) is 18.4 Å². The van der Waals surface area contributed by atoms with E-state index in [4.69, 9.17) is 0 Å². The number of carbonyl (C=O) groups is 3. The Morgan fingerprint density at radius 1 is 1.44 bits per heavy atom. The first-order valence-electron chi connectivity index (χ1n) is 5.30. The van der Waals surface area contributed by atoms with Crippen LogP contribution in [0, 0.1) is 11.8 Å². The third-order valence-corrected chi connectivity index (χ3v) is 3.32. The number of hydrogen-bond donors (Lipinski definition) is 1. The lowest BCUT2D eigenvalue weighted by atomic mass is 9.82. The van der Waals surface area contributed by atoms with Crippen LogP contribution in [0.2, 0.25) is 0 Å². The number of carbonyl (C=O) groups excluding carboxylic acids is 3. The number of hydrogen-bond acceptors (Lipinski definition) is 3. The van der Waals surface area contributed by atoms with Gasteiger partial charge in [-0.05, 0) is 12.8 Å². The molecule has 1 saturated heterocycles. The minimum atomic E-state index is -0.432. The normalized spacial score (nSPS) is 28.9. The van der Waals surface area contributed by atoms with Crippen LogP contribution in [0.3, 0.4) is 0 Å². The first-order valence-corrected chi connectivity index (χ1v) is 5.30.